The summed E-state index contributed by atoms with van der Waals surface area (Å²) in [6.07, 6.45) is -17.5. The smallest absolute Gasteiger partial charge is 0.335 e. The van der Waals surface area contributed by atoms with Gasteiger partial charge in [0.15, 0.2) is 23.0 Å². The normalized spacial score (nSPS) is 32.3. The minimum absolute atomic E-state index is 0.118. The summed E-state index contributed by atoms with van der Waals surface area (Å²) in [6, 6.07) is 6.76. The van der Waals surface area contributed by atoms with Gasteiger partial charge in [-0.2, -0.15) is 0 Å². The van der Waals surface area contributed by atoms with Gasteiger partial charge < -0.3 is 74.4 Å². The number of fused-ring (bicyclic) bond motifs is 1. The highest BCUT2D eigenvalue weighted by molar-refractivity contribution is 5.86. The number of phenolic OH excluding ortho intramolecular Hbond substituents is 2. The number of aliphatic hydroxyl groups is 7. The van der Waals surface area contributed by atoms with Gasteiger partial charge in [0.2, 0.25) is 12.6 Å². The van der Waals surface area contributed by atoms with Gasteiger partial charge in [0, 0.05) is 23.8 Å². The number of hydrogen-bond acceptors (Lipinski definition) is 16. The number of aromatic hydroxyl groups is 2. The molecule has 0 amide bonds. The van der Waals surface area contributed by atoms with Crippen molar-refractivity contribution in [1.29, 1.82) is 0 Å². The molecule has 0 bridgehead atoms. The Morgan fingerprint density at radius 1 is 0.773 bits per heavy atom. The minimum atomic E-state index is -1.96. The van der Waals surface area contributed by atoms with E-state index in [9.17, 15) is 60.7 Å². The maximum atomic E-state index is 12.9. The fourth-order valence-electron chi connectivity index (χ4n) is 4.80. The lowest BCUT2D eigenvalue weighted by atomic mass is 9.99. The Morgan fingerprint density at radius 3 is 2.07 bits per heavy atom. The molecule has 10 N–H and O–H groups in total. The Hall–Kier alpha value is -4.04. The van der Waals surface area contributed by atoms with Crippen molar-refractivity contribution in [2.75, 3.05) is 6.61 Å². The van der Waals surface area contributed by atoms with Crippen LogP contribution in [0.1, 0.15) is 0 Å². The second kappa shape index (κ2) is 12.2. The number of carboxylic acids is 1. The van der Waals surface area contributed by atoms with E-state index in [-0.39, 0.29) is 33.8 Å². The highest BCUT2D eigenvalue weighted by Gasteiger charge is 2.48. The van der Waals surface area contributed by atoms with Gasteiger partial charge in [0.25, 0.3) is 0 Å². The highest BCUT2D eigenvalue weighted by Crippen LogP contribution is 2.37. The third-order valence-electron chi connectivity index (χ3n) is 7.18. The Kier molecular flexibility index (Phi) is 8.67. The van der Waals surface area contributed by atoms with Crippen molar-refractivity contribution in [2.24, 2.45) is 0 Å². The van der Waals surface area contributed by atoms with E-state index in [0.717, 1.165) is 24.3 Å². The van der Waals surface area contributed by atoms with Crippen LogP contribution in [0.4, 0.5) is 0 Å². The Morgan fingerprint density at radius 2 is 1.43 bits per heavy atom. The molecular weight excluding hydrogens is 596 g/mol. The summed E-state index contributed by atoms with van der Waals surface area (Å²) >= 11 is 0. The maximum Gasteiger partial charge on any atom is 0.335 e. The van der Waals surface area contributed by atoms with Crippen LogP contribution in [0.5, 0.6) is 23.0 Å². The number of hydrogen-bond donors (Lipinski definition) is 10. The molecule has 3 aromatic rings. The molecule has 0 aliphatic carbocycles. The van der Waals surface area contributed by atoms with Gasteiger partial charge in [-0.1, -0.05) is 0 Å². The summed E-state index contributed by atoms with van der Waals surface area (Å²) in [5, 5.41) is 99.5. The van der Waals surface area contributed by atoms with Crippen LogP contribution in [-0.4, -0.2) is 125 Å². The lowest BCUT2D eigenvalue weighted by Crippen LogP contribution is -2.61. The number of aliphatic carboxylic acids is 1. The minimum Gasteiger partial charge on any atom is -0.507 e. The third kappa shape index (κ3) is 5.75. The Labute approximate surface area is 245 Å². The van der Waals surface area contributed by atoms with Crippen molar-refractivity contribution < 1.29 is 79.2 Å². The molecule has 0 radical (unpaired) electrons. The number of aliphatic hydroxyl groups excluding tert-OH is 7. The largest absolute Gasteiger partial charge is 0.507 e. The molecule has 2 aliphatic heterocycles. The molecule has 5 rings (SSSR count). The number of rotatable bonds is 7. The zero-order valence-electron chi connectivity index (χ0n) is 22.3. The molecule has 1 unspecified atom stereocenters. The number of carbonyl (C=O) groups is 1. The molecule has 10 atom stereocenters. The average molecular weight is 625 g/mol. The first-order valence-corrected chi connectivity index (χ1v) is 13.0. The van der Waals surface area contributed by atoms with E-state index >= 15 is 0 Å². The first-order chi connectivity index (χ1) is 20.8. The zero-order valence-corrected chi connectivity index (χ0v) is 22.3. The average Bonchev–Trinajstić information content (AvgIpc) is 2.97. The van der Waals surface area contributed by atoms with Crippen molar-refractivity contribution >= 4 is 16.9 Å². The maximum absolute atomic E-state index is 12.9. The number of benzene rings is 2. The van der Waals surface area contributed by atoms with Gasteiger partial charge in [0.05, 0.1) is 6.61 Å². The third-order valence-corrected chi connectivity index (χ3v) is 7.18. The van der Waals surface area contributed by atoms with Crippen LogP contribution in [0.15, 0.2) is 45.6 Å². The summed E-state index contributed by atoms with van der Waals surface area (Å²) in [5.74, 6) is -3.43. The van der Waals surface area contributed by atoms with E-state index in [0.29, 0.717) is 0 Å². The first kappa shape index (κ1) is 31.4. The standard InChI is InChI=1S/C27H28O17/c28-7-16-18(32)19(33)22(36)27(43-16)42-13-2-1-8(3-10(13)29)14-6-12(31)17-11(30)4-9(5-15(17)41-14)40-26-23(37)20(34)21(35)24(44-26)25(38)39/h1-6,16,18-24,26-30,32-37H,7H2,(H,38,39)/t16-,18-,19+,20-,21+,22-,23+,24-,26?,27-/m0/s1. The predicted molar refractivity (Wildman–Crippen MR) is 141 cm³/mol. The molecule has 2 aromatic carbocycles. The second-order valence-corrected chi connectivity index (χ2v) is 10.1. The molecule has 44 heavy (non-hydrogen) atoms. The van der Waals surface area contributed by atoms with Crippen LogP contribution in [0.2, 0.25) is 0 Å². The second-order valence-electron chi connectivity index (χ2n) is 10.1. The van der Waals surface area contributed by atoms with Crippen LogP contribution in [-0.2, 0) is 14.3 Å². The van der Waals surface area contributed by atoms with Crippen LogP contribution in [0.3, 0.4) is 0 Å². The molecule has 2 aliphatic rings. The molecule has 238 valence electrons. The monoisotopic (exact) mass is 624 g/mol. The van der Waals surface area contributed by atoms with Gasteiger partial charge in [-0.05, 0) is 18.2 Å². The van der Waals surface area contributed by atoms with Crippen molar-refractivity contribution in [1.82, 2.24) is 0 Å². The quantitative estimate of drug-likeness (QED) is 0.128. The molecule has 0 saturated carbocycles. The van der Waals surface area contributed by atoms with Gasteiger partial charge in [-0.15, -0.1) is 0 Å². The van der Waals surface area contributed by atoms with Crippen molar-refractivity contribution in [3.63, 3.8) is 0 Å². The van der Waals surface area contributed by atoms with E-state index in [2.05, 4.69) is 0 Å². The lowest BCUT2D eigenvalue weighted by molar-refractivity contribution is -0.277. The number of ether oxygens (including phenoxy) is 4. The van der Waals surface area contributed by atoms with Crippen LogP contribution in [0.25, 0.3) is 22.3 Å². The van der Waals surface area contributed by atoms with Gasteiger partial charge in [-0.3, -0.25) is 4.79 Å². The molecule has 2 fully saturated rings. The summed E-state index contributed by atoms with van der Waals surface area (Å²) < 4.78 is 26.9. The van der Waals surface area contributed by atoms with Crippen molar-refractivity contribution in [3.8, 4) is 34.3 Å². The van der Waals surface area contributed by atoms with Crippen molar-refractivity contribution in [3.05, 3.63) is 46.6 Å². The summed E-state index contributed by atoms with van der Waals surface area (Å²) in [4.78, 5) is 24.2. The summed E-state index contributed by atoms with van der Waals surface area (Å²) in [5.41, 5.74) is -0.838. The van der Waals surface area contributed by atoms with Gasteiger partial charge in [0.1, 0.15) is 71.0 Å². The fraction of sp³-hybridized carbons (Fsp3) is 0.407. The number of carboxylic acid groups (broad SMARTS) is 1. The molecule has 17 heteroatoms. The van der Waals surface area contributed by atoms with Crippen LogP contribution >= 0.6 is 0 Å². The molecule has 17 nitrogen and oxygen atoms in total. The number of phenols is 2. The predicted octanol–water partition coefficient (Wildman–Crippen LogP) is -2.68. The van der Waals surface area contributed by atoms with E-state index < -0.39 is 90.9 Å². The summed E-state index contributed by atoms with van der Waals surface area (Å²) in [6.45, 7) is -0.693. The van der Waals surface area contributed by atoms with Gasteiger partial charge >= 0.3 is 5.97 Å². The molecule has 2 saturated heterocycles. The topological polar surface area (TPSA) is 286 Å². The van der Waals surface area contributed by atoms with E-state index in [1.165, 1.54) is 12.1 Å². The van der Waals surface area contributed by atoms with E-state index in [1.54, 1.807) is 0 Å². The molecule has 3 heterocycles. The lowest BCUT2D eigenvalue weighted by Gasteiger charge is -2.39. The zero-order chi connectivity index (χ0) is 32.0. The fourth-order valence-corrected chi connectivity index (χ4v) is 4.80. The summed E-state index contributed by atoms with van der Waals surface area (Å²) in [7, 11) is 0. The van der Waals surface area contributed by atoms with Crippen LogP contribution < -0.4 is 14.9 Å². The molecule has 1 aromatic heterocycles. The Bertz CT molecular complexity index is 1590. The van der Waals surface area contributed by atoms with Crippen LogP contribution in [0, 0.1) is 0 Å². The van der Waals surface area contributed by atoms with E-state index in [1.807, 2.05) is 0 Å². The Balaban J connectivity index is 1.41. The SMILES string of the molecule is O=C(O)[C@H]1OC(Oc2cc(O)c3c(=O)cc(-c4ccc(O[C@H]5O[C@@H](CO)[C@H](O)[C@@H](O)[C@@H]5O)c(O)c4)oc3c2)[C@H](O)[C@@H](O)[C@H]1O. The highest BCUT2D eigenvalue weighted by atomic mass is 16.7. The van der Waals surface area contributed by atoms with Crippen molar-refractivity contribution in [2.45, 2.75) is 61.4 Å². The molecule has 0 spiro atoms. The van der Waals surface area contributed by atoms with E-state index in [4.69, 9.17) is 23.4 Å². The molecular formula is C27H28O17. The van der Waals surface area contributed by atoms with Gasteiger partial charge in [-0.25, -0.2) is 4.79 Å². The first-order valence-electron chi connectivity index (χ1n) is 13.0.